The number of benzene rings is 1. The van der Waals surface area contributed by atoms with E-state index in [1.165, 1.54) is 12.1 Å². The van der Waals surface area contributed by atoms with Gasteiger partial charge in [-0.1, -0.05) is 23.4 Å². The summed E-state index contributed by atoms with van der Waals surface area (Å²) in [4.78, 5) is 31.1. The van der Waals surface area contributed by atoms with Gasteiger partial charge >= 0.3 is 0 Å². The Kier molecular flexibility index (Phi) is 6.57. The number of rotatable bonds is 6. The Balaban J connectivity index is 2.08. The fourth-order valence-electron chi connectivity index (χ4n) is 2.09. The lowest BCUT2D eigenvalue weighted by Gasteiger charge is -2.12. The van der Waals surface area contributed by atoms with E-state index in [0.717, 1.165) is 17.8 Å². The molecule has 0 aliphatic rings. The van der Waals surface area contributed by atoms with Crippen molar-refractivity contribution in [2.75, 3.05) is 11.9 Å². The second-order valence-electron chi connectivity index (χ2n) is 5.29. The van der Waals surface area contributed by atoms with Gasteiger partial charge in [0.1, 0.15) is 5.82 Å². The van der Waals surface area contributed by atoms with Crippen molar-refractivity contribution in [3.05, 3.63) is 50.7 Å². The molecular formula is C16H17ClFN3O3S. The van der Waals surface area contributed by atoms with Gasteiger partial charge in [0.2, 0.25) is 5.91 Å². The van der Waals surface area contributed by atoms with E-state index in [1.807, 2.05) is 0 Å². The van der Waals surface area contributed by atoms with Crippen LogP contribution in [-0.4, -0.2) is 32.8 Å². The van der Waals surface area contributed by atoms with Gasteiger partial charge in [-0.05, 0) is 32.0 Å². The lowest BCUT2D eigenvalue weighted by atomic mass is 10.2. The van der Waals surface area contributed by atoms with Crippen molar-refractivity contribution in [1.29, 1.82) is 0 Å². The molecule has 3 N–H and O–H groups in total. The molecule has 1 atom stereocenters. The van der Waals surface area contributed by atoms with Gasteiger partial charge < -0.3 is 15.4 Å². The minimum atomic E-state index is -0.567. The number of nitrogens with one attached hydrogen (secondary N) is 2. The average Bonchev–Trinajstić information content (AvgIpc) is 2.54. The van der Waals surface area contributed by atoms with E-state index in [9.17, 15) is 14.0 Å². The Morgan fingerprint density at radius 1 is 1.52 bits per heavy atom. The number of amides is 1. The molecule has 0 bridgehead atoms. The zero-order chi connectivity index (χ0) is 18.6. The SMILES string of the molecule is Cc1nc(SC(C)C(=O)Nc2ccc(F)c(Cl)c2)[nH]c(=O)c1CCO. The molecular weight excluding hydrogens is 369 g/mol. The van der Waals surface area contributed by atoms with Gasteiger partial charge in [-0.15, -0.1) is 0 Å². The van der Waals surface area contributed by atoms with Crippen LogP contribution in [0.5, 0.6) is 0 Å². The molecule has 1 aromatic carbocycles. The summed E-state index contributed by atoms with van der Waals surface area (Å²) in [5, 5.41) is 11.3. The predicted octanol–water partition coefficient (Wildman–Crippen LogP) is 2.52. The van der Waals surface area contributed by atoms with Gasteiger partial charge in [0.25, 0.3) is 5.56 Å². The van der Waals surface area contributed by atoms with Gasteiger partial charge in [-0.25, -0.2) is 9.37 Å². The zero-order valence-corrected chi connectivity index (χ0v) is 15.2. The topological polar surface area (TPSA) is 95.1 Å². The van der Waals surface area contributed by atoms with Crippen LogP contribution in [0.4, 0.5) is 10.1 Å². The van der Waals surface area contributed by atoms with Crippen molar-refractivity contribution in [2.45, 2.75) is 30.7 Å². The van der Waals surface area contributed by atoms with E-state index < -0.39 is 11.1 Å². The van der Waals surface area contributed by atoms with Crippen LogP contribution in [0.1, 0.15) is 18.2 Å². The van der Waals surface area contributed by atoms with E-state index >= 15 is 0 Å². The molecule has 9 heteroatoms. The van der Waals surface area contributed by atoms with Crippen molar-refractivity contribution < 1.29 is 14.3 Å². The van der Waals surface area contributed by atoms with Gasteiger partial charge in [0.05, 0.1) is 10.3 Å². The van der Waals surface area contributed by atoms with E-state index in [-0.39, 0.29) is 29.5 Å². The lowest BCUT2D eigenvalue weighted by molar-refractivity contribution is -0.115. The first-order chi connectivity index (χ1) is 11.8. The average molecular weight is 386 g/mol. The molecule has 0 aliphatic carbocycles. The first-order valence-corrected chi connectivity index (χ1v) is 8.70. The number of halogens is 2. The number of aryl methyl sites for hydroxylation is 1. The number of thioether (sulfide) groups is 1. The van der Waals surface area contributed by atoms with Crippen LogP contribution in [0.2, 0.25) is 5.02 Å². The number of H-pyrrole nitrogens is 1. The minimum absolute atomic E-state index is 0.0841. The molecule has 134 valence electrons. The molecule has 1 aromatic heterocycles. The number of aliphatic hydroxyl groups is 1. The summed E-state index contributed by atoms with van der Waals surface area (Å²) in [6.07, 6.45) is 0.223. The highest BCUT2D eigenvalue weighted by Crippen LogP contribution is 2.23. The van der Waals surface area contributed by atoms with E-state index in [0.29, 0.717) is 22.1 Å². The maximum atomic E-state index is 13.1. The third-order valence-electron chi connectivity index (χ3n) is 3.41. The Labute approximate surface area is 152 Å². The minimum Gasteiger partial charge on any atom is -0.396 e. The summed E-state index contributed by atoms with van der Waals surface area (Å²) in [6.45, 7) is 3.19. The van der Waals surface area contributed by atoms with Crippen LogP contribution < -0.4 is 10.9 Å². The lowest BCUT2D eigenvalue weighted by Crippen LogP contribution is -2.24. The van der Waals surface area contributed by atoms with Crippen LogP contribution in [0, 0.1) is 12.7 Å². The van der Waals surface area contributed by atoms with Crippen molar-refractivity contribution in [2.24, 2.45) is 0 Å². The van der Waals surface area contributed by atoms with Gasteiger partial charge in [0, 0.05) is 30.0 Å². The molecule has 0 fully saturated rings. The van der Waals surface area contributed by atoms with Gasteiger partial charge in [0.15, 0.2) is 5.16 Å². The highest BCUT2D eigenvalue weighted by molar-refractivity contribution is 8.00. The first-order valence-electron chi connectivity index (χ1n) is 7.45. The summed E-state index contributed by atoms with van der Waals surface area (Å²) in [5.74, 6) is -0.908. The van der Waals surface area contributed by atoms with Crippen LogP contribution >= 0.6 is 23.4 Å². The number of carbonyl (C=O) groups is 1. The number of hydrogen-bond donors (Lipinski definition) is 3. The number of carbonyl (C=O) groups excluding carboxylic acids is 1. The molecule has 0 saturated heterocycles. The van der Waals surface area contributed by atoms with E-state index in [1.54, 1.807) is 13.8 Å². The Bertz CT molecular complexity index is 844. The third-order valence-corrected chi connectivity index (χ3v) is 4.68. The molecule has 0 aliphatic heterocycles. The molecule has 0 spiro atoms. The number of nitrogens with zero attached hydrogens (tertiary/aromatic N) is 1. The van der Waals surface area contributed by atoms with Crippen LogP contribution in [0.3, 0.4) is 0 Å². The molecule has 0 saturated carbocycles. The maximum absolute atomic E-state index is 13.1. The van der Waals surface area contributed by atoms with Crippen LogP contribution in [-0.2, 0) is 11.2 Å². The monoisotopic (exact) mass is 385 g/mol. The Morgan fingerprint density at radius 3 is 2.84 bits per heavy atom. The normalized spacial score (nSPS) is 12.0. The summed E-state index contributed by atoms with van der Waals surface area (Å²) in [6, 6.07) is 3.89. The van der Waals surface area contributed by atoms with Crippen molar-refractivity contribution in [3.63, 3.8) is 0 Å². The molecule has 2 rings (SSSR count). The largest absolute Gasteiger partial charge is 0.396 e. The molecule has 6 nitrogen and oxygen atoms in total. The summed E-state index contributed by atoms with van der Waals surface area (Å²) in [5.41, 5.74) is 0.977. The molecule has 1 amide bonds. The van der Waals surface area contributed by atoms with E-state index in [2.05, 4.69) is 15.3 Å². The van der Waals surface area contributed by atoms with Crippen LogP contribution in [0.15, 0.2) is 28.2 Å². The molecule has 25 heavy (non-hydrogen) atoms. The molecule has 1 heterocycles. The maximum Gasteiger partial charge on any atom is 0.255 e. The standard InChI is InChI=1S/C16H17ClFN3O3S/c1-8-11(5-6-22)15(24)21-16(19-8)25-9(2)14(23)20-10-3-4-13(18)12(17)7-10/h3-4,7,9,22H,5-6H2,1-2H3,(H,20,23)(H,19,21,24). The Morgan fingerprint density at radius 2 is 2.24 bits per heavy atom. The van der Waals surface area contributed by atoms with Crippen LogP contribution in [0.25, 0.3) is 0 Å². The smallest absolute Gasteiger partial charge is 0.255 e. The quantitative estimate of drug-likeness (QED) is 0.524. The third kappa shape index (κ3) is 5.04. The highest BCUT2D eigenvalue weighted by Gasteiger charge is 2.18. The second-order valence-corrected chi connectivity index (χ2v) is 7.02. The summed E-state index contributed by atoms with van der Waals surface area (Å²) >= 11 is 6.77. The fourth-order valence-corrected chi connectivity index (χ4v) is 3.11. The van der Waals surface area contributed by atoms with Crippen molar-refractivity contribution in [1.82, 2.24) is 9.97 Å². The highest BCUT2D eigenvalue weighted by atomic mass is 35.5. The molecule has 0 radical (unpaired) electrons. The van der Waals surface area contributed by atoms with Gasteiger partial charge in [-0.2, -0.15) is 0 Å². The summed E-state index contributed by atoms with van der Waals surface area (Å²) < 4.78 is 13.1. The van der Waals surface area contributed by atoms with E-state index in [4.69, 9.17) is 16.7 Å². The predicted molar refractivity (Wildman–Crippen MR) is 95.7 cm³/mol. The second kappa shape index (κ2) is 8.46. The number of hydrogen-bond acceptors (Lipinski definition) is 5. The number of anilines is 1. The molecule has 2 aromatic rings. The van der Waals surface area contributed by atoms with Crippen molar-refractivity contribution in [3.8, 4) is 0 Å². The number of aromatic amines is 1. The Hall–Kier alpha value is -1.90. The number of aromatic nitrogens is 2. The summed E-state index contributed by atoms with van der Waals surface area (Å²) in [7, 11) is 0. The number of aliphatic hydroxyl groups excluding tert-OH is 1. The van der Waals surface area contributed by atoms with Crippen molar-refractivity contribution >= 4 is 35.0 Å². The molecule has 1 unspecified atom stereocenters. The first kappa shape index (κ1) is 19.4. The van der Waals surface area contributed by atoms with Gasteiger partial charge in [-0.3, -0.25) is 9.59 Å². The fraction of sp³-hybridized carbons (Fsp3) is 0.312. The zero-order valence-electron chi connectivity index (χ0n) is 13.6.